The van der Waals surface area contributed by atoms with Gasteiger partial charge in [-0.15, -0.1) is 0 Å². The molecule has 0 aliphatic carbocycles. The molecule has 1 aromatic carbocycles. The summed E-state index contributed by atoms with van der Waals surface area (Å²) in [6.45, 7) is 6.54. The van der Waals surface area contributed by atoms with Crippen LogP contribution in [0, 0.1) is 5.41 Å². The predicted octanol–water partition coefficient (Wildman–Crippen LogP) is 4.32. The number of ether oxygens (including phenoxy) is 1. The van der Waals surface area contributed by atoms with Gasteiger partial charge in [0, 0.05) is 5.41 Å². The van der Waals surface area contributed by atoms with E-state index in [1.165, 1.54) is 0 Å². The van der Waals surface area contributed by atoms with Crippen LogP contribution >= 0.6 is 0 Å². The number of carbonyl (C=O) groups excluding carboxylic acids is 1. The molecule has 1 aromatic rings. The number of esters is 1. The molecule has 0 aromatic heterocycles. The SMILES string of the molecule is C/C=C/C/C=C/C(C)(C)COC(=O)Cc1ccccc1. The van der Waals surface area contributed by atoms with Crippen LogP contribution in [0.4, 0.5) is 0 Å². The molecule has 0 aliphatic rings. The maximum atomic E-state index is 11.8. The van der Waals surface area contributed by atoms with Gasteiger partial charge in [0.05, 0.1) is 13.0 Å². The Morgan fingerprint density at radius 3 is 2.55 bits per heavy atom. The van der Waals surface area contributed by atoms with Gasteiger partial charge in [0.1, 0.15) is 0 Å². The third-order valence-corrected chi connectivity index (χ3v) is 2.87. The molecule has 0 amide bonds. The molecule has 1 rings (SSSR count). The van der Waals surface area contributed by atoms with Crippen molar-refractivity contribution >= 4 is 5.97 Å². The molecule has 0 radical (unpaired) electrons. The Morgan fingerprint density at radius 2 is 1.90 bits per heavy atom. The first kappa shape index (κ1) is 16.2. The summed E-state index contributed by atoms with van der Waals surface area (Å²) in [7, 11) is 0. The largest absolute Gasteiger partial charge is 0.465 e. The average Bonchev–Trinajstić information content (AvgIpc) is 2.43. The summed E-state index contributed by atoms with van der Waals surface area (Å²) in [6.07, 6.45) is 9.57. The minimum Gasteiger partial charge on any atom is -0.465 e. The number of hydrogen-bond acceptors (Lipinski definition) is 2. The van der Waals surface area contributed by atoms with Crippen LogP contribution in [-0.4, -0.2) is 12.6 Å². The number of rotatable bonds is 7. The van der Waals surface area contributed by atoms with Gasteiger partial charge in [-0.2, -0.15) is 0 Å². The van der Waals surface area contributed by atoms with Gasteiger partial charge in [-0.3, -0.25) is 4.79 Å². The summed E-state index contributed by atoms with van der Waals surface area (Å²) in [4.78, 5) is 11.8. The maximum Gasteiger partial charge on any atom is 0.310 e. The molecular weight excluding hydrogens is 248 g/mol. The lowest BCUT2D eigenvalue weighted by atomic mass is 9.94. The Hall–Kier alpha value is -1.83. The summed E-state index contributed by atoms with van der Waals surface area (Å²) in [5.41, 5.74) is 0.854. The van der Waals surface area contributed by atoms with Crippen LogP contribution in [0.25, 0.3) is 0 Å². The first-order chi connectivity index (χ1) is 9.53. The van der Waals surface area contributed by atoms with E-state index in [9.17, 15) is 4.79 Å². The smallest absolute Gasteiger partial charge is 0.310 e. The molecule has 2 nitrogen and oxygen atoms in total. The van der Waals surface area contributed by atoms with Gasteiger partial charge in [-0.25, -0.2) is 0 Å². The Kier molecular flexibility index (Phi) is 6.78. The van der Waals surface area contributed by atoms with Crippen molar-refractivity contribution in [2.75, 3.05) is 6.61 Å². The van der Waals surface area contributed by atoms with Crippen molar-refractivity contribution in [3.8, 4) is 0 Å². The second-order valence-electron chi connectivity index (χ2n) is 5.52. The molecule has 0 fully saturated rings. The fraction of sp³-hybridized carbons (Fsp3) is 0.389. The monoisotopic (exact) mass is 272 g/mol. The normalized spacial score (nSPS) is 12.2. The van der Waals surface area contributed by atoms with Gasteiger partial charge in [-0.05, 0) is 18.9 Å². The van der Waals surface area contributed by atoms with E-state index in [2.05, 4.69) is 32.1 Å². The lowest BCUT2D eigenvalue weighted by Crippen LogP contribution is -2.20. The number of hydrogen-bond donors (Lipinski definition) is 0. The van der Waals surface area contributed by atoms with Crippen molar-refractivity contribution in [3.05, 3.63) is 60.2 Å². The van der Waals surface area contributed by atoms with E-state index in [1.807, 2.05) is 43.3 Å². The number of allylic oxidation sites excluding steroid dienone is 3. The molecule has 0 unspecified atom stereocenters. The standard InChI is InChI=1S/C18H24O2/c1-4-5-6-10-13-18(2,3)15-20-17(19)14-16-11-8-7-9-12-16/h4-5,7-13H,6,14-15H2,1-3H3/b5-4+,13-10+. The lowest BCUT2D eigenvalue weighted by molar-refractivity contribution is -0.145. The molecule has 0 saturated carbocycles. The van der Waals surface area contributed by atoms with Crippen LogP contribution in [-0.2, 0) is 16.0 Å². The van der Waals surface area contributed by atoms with E-state index in [4.69, 9.17) is 4.74 Å². The summed E-state index contributed by atoms with van der Waals surface area (Å²) >= 11 is 0. The summed E-state index contributed by atoms with van der Waals surface area (Å²) in [5.74, 6) is -0.175. The second kappa shape index (κ2) is 8.36. The quantitative estimate of drug-likeness (QED) is 0.546. The molecule has 0 atom stereocenters. The zero-order valence-electron chi connectivity index (χ0n) is 12.6. The van der Waals surface area contributed by atoms with Crippen molar-refractivity contribution in [3.63, 3.8) is 0 Å². The Bertz CT molecular complexity index is 456. The van der Waals surface area contributed by atoms with Gasteiger partial charge in [0.2, 0.25) is 0 Å². The predicted molar refractivity (Wildman–Crippen MR) is 83.5 cm³/mol. The first-order valence-electron chi connectivity index (χ1n) is 7.02. The van der Waals surface area contributed by atoms with Crippen LogP contribution in [0.1, 0.15) is 32.8 Å². The van der Waals surface area contributed by atoms with Crippen molar-refractivity contribution < 1.29 is 9.53 Å². The van der Waals surface area contributed by atoms with Gasteiger partial charge >= 0.3 is 5.97 Å². The van der Waals surface area contributed by atoms with Crippen molar-refractivity contribution in [1.29, 1.82) is 0 Å². The number of carbonyl (C=O) groups is 1. The van der Waals surface area contributed by atoms with Gasteiger partial charge in [0.15, 0.2) is 0 Å². The lowest BCUT2D eigenvalue weighted by Gasteiger charge is -2.19. The fourth-order valence-electron chi connectivity index (χ4n) is 1.73. The van der Waals surface area contributed by atoms with Crippen LogP contribution in [0.3, 0.4) is 0 Å². The fourth-order valence-corrected chi connectivity index (χ4v) is 1.73. The summed E-state index contributed by atoms with van der Waals surface area (Å²) < 4.78 is 5.36. The molecule has 108 valence electrons. The molecule has 0 saturated heterocycles. The zero-order chi connectivity index (χ0) is 14.8. The van der Waals surface area contributed by atoms with E-state index < -0.39 is 0 Å². The minimum atomic E-state index is -0.175. The highest BCUT2D eigenvalue weighted by Crippen LogP contribution is 2.18. The van der Waals surface area contributed by atoms with Crippen LogP contribution < -0.4 is 0 Å². The van der Waals surface area contributed by atoms with E-state index in [0.29, 0.717) is 13.0 Å². The summed E-state index contributed by atoms with van der Waals surface area (Å²) in [6, 6.07) is 9.66. The van der Waals surface area contributed by atoms with Gasteiger partial charge < -0.3 is 4.74 Å². The minimum absolute atomic E-state index is 0.131. The van der Waals surface area contributed by atoms with Crippen molar-refractivity contribution in [2.45, 2.75) is 33.6 Å². The molecule has 2 heteroatoms. The molecule has 0 heterocycles. The number of benzene rings is 1. The molecule has 0 aliphatic heterocycles. The molecule has 0 bridgehead atoms. The van der Waals surface area contributed by atoms with E-state index >= 15 is 0 Å². The van der Waals surface area contributed by atoms with Gasteiger partial charge in [-0.1, -0.05) is 68.5 Å². The Morgan fingerprint density at radius 1 is 1.20 bits per heavy atom. The van der Waals surface area contributed by atoms with Crippen LogP contribution in [0.15, 0.2) is 54.6 Å². The highest BCUT2D eigenvalue weighted by atomic mass is 16.5. The average molecular weight is 272 g/mol. The third kappa shape index (κ3) is 6.93. The highest BCUT2D eigenvalue weighted by molar-refractivity contribution is 5.72. The molecule has 0 spiro atoms. The summed E-state index contributed by atoms with van der Waals surface area (Å²) in [5, 5.41) is 0. The van der Waals surface area contributed by atoms with Crippen LogP contribution in [0.2, 0.25) is 0 Å². The van der Waals surface area contributed by atoms with Gasteiger partial charge in [0.25, 0.3) is 0 Å². The molecule has 0 N–H and O–H groups in total. The third-order valence-electron chi connectivity index (χ3n) is 2.87. The molecule has 20 heavy (non-hydrogen) atoms. The first-order valence-corrected chi connectivity index (χ1v) is 7.02. The van der Waals surface area contributed by atoms with Crippen molar-refractivity contribution in [2.24, 2.45) is 5.41 Å². The Balaban J connectivity index is 2.37. The van der Waals surface area contributed by atoms with E-state index in [0.717, 1.165) is 12.0 Å². The maximum absolute atomic E-state index is 11.8. The highest BCUT2D eigenvalue weighted by Gasteiger charge is 2.16. The zero-order valence-corrected chi connectivity index (χ0v) is 12.6. The second-order valence-corrected chi connectivity index (χ2v) is 5.52. The van der Waals surface area contributed by atoms with Crippen LogP contribution in [0.5, 0.6) is 0 Å². The topological polar surface area (TPSA) is 26.3 Å². The van der Waals surface area contributed by atoms with Crippen molar-refractivity contribution in [1.82, 2.24) is 0 Å². The van der Waals surface area contributed by atoms with E-state index in [1.54, 1.807) is 0 Å². The Labute approximate surface area is 122 Å². The van der Waals surface area contributed by atoms with E-state index in [-0.39, 0.29) is 11.4 Å². The molecular formula is C18H24O2.